The quantitative estimate of drug-likeness (QED) is 0.930. The maximum atomic E-state index is 4.48. The number of hydrogen-bond acceptors (Lipinski definition) is 3. The van der Waals surface area contributed by atoms with Crippen molar-refractivity contribution < 1.29 is 0 Å². The minimum absolute atomic E-state index is 0.195. The van der Waals surface area contributed by atoms with Crippen LogP contribution in [0.15, 0.2) is 22.8 Å². The van der Waals surface area contributed by atoms with Crippen LogP contribution >= 0.6 is 15.9 Å². The van der Waals surface area contributed by atoms with Crippen LogP contribution < -0.4 is 5.32 Å². The number of nitrogens with one attached hydrogen (secondary N) is 1. The standard InChI is InChI=1S/C14H22BrN3/c1-4-12-8-18(14(2,3)10-17-12)9-13-6-5-11(15)7-16-13/h5-7,12,17H,4,8-10H2,1-3H3. The summed E-state index contributed by atoms with van der Waals surface area (Å²) in [7, 11) is 0. The fourth-order valence-corrected chi connectivity index (χ4v) is 2.57. The minimum atomic E-state index is 0.195. The minimum Gasteiger partial charge on any atom is -0.311 e. The first-order valence-corrected chi connectivity index (χ1v) is 7.39. The molecule has 0 saturated carbocycles. The van der Waals surface area contributed by atoms with Gasteiger partial charge in [-0.1, -0.05) is 6.92 Å². The summed E-state index contributed by atoms with van der Waals surface area (Å²) in [5.74, 6) is 0. The second-order valence-corrected chi connectivity index (χ2v) is 6.56. The molecule has 0 bridgehead atoms. The lowest BCUT2D eigenvalue weighted by atomic mass is 9.96. The Balaban J connectivity index is 2.07. The molecule has 1 unspecified atom stereocenters. The van der Waals surface area contributed by atoms with Crippen LogP contribution in [-0.4, -0.2) is 34.6 Å². The number of nitrogens with zero attached hydrogens (tertiary/aromatic N) is 2. The van der Waals surface area contributed by atoms with E-state index in [1.165, 1.54) is 6.42 Å². The van der Waals surface area contributed by atoms with Crippen LogP contribution in [0.5, 0.6) is 0 Å². The number of aromatic nitrogens is 1. The SMILES string of the molecule is CCC1CN(Cc2ccc(Br)cn2)C(C)(C)CN1. The van der Waals surface area contributed by atoms with Crippen LogP contribution in [0.4, 0.5) is 0 Å². The zero-order chi connectivity index (χ0) is 13.2. The van der Waals surface area contributed by atoms with Crippen molar-refractivity contribution in [3.63, 3.8) is 0 Å². The Kier molecular flexibility index (Phi) is 4.41. The van der Waals surface area contributed by atoms with Crippen molar-refractivity contribution in [2.45, 2.75) is 45.3 Å². The fourth-order valence-electron chi connectivity index (χ4n) is 2.33. The van der Waals surface area contributed by atoms with Crippen LogP contribution in [-0.2, 0) is 6.54 Å². The smallest absolute Gasteiger partial charge is 0.0545 e. The molecule has 1 aliphatic rings. The predicted octanol–water partition coefficient (Wildman–Crippen LogP) is 2.81. The third-order valence-corrected chi connectivity index (χ3v) is 4.22. The Morgan fingerprint density at radius 3 is 2.89 bits per heavy atom. The first-order valence-electron chi connectivity index (χ1n) is 6.60. The van der Waals surface area contributed by atoms with Gasteiger partial charge in [0.15, 0.2) is 0 Å². The van der Waals surface area contributed by atoms with E-state index in [0.29, 0.717) is 6.04 Å². The van der Waals surface area contributed by atoms with E-state index in [0.717, 1.165) is 29.8 Å². The van der Waals surface area contributed by atoms with Crippen molar-refractivity contribution in [3.8, 4) is 0 Å². The molecule has 18 heavy (non-hydrogen) atoms. The van der Waals surface area contributed by atoms with Crippen LogP contribution in [0.25, 0.3) is 0 Å². The summed E-state index contributed by atoms with van der Waals surface area (Å²) in [6, 6.07) is 4.77. The highest BCUT2D eigenvalue weighted by Gasteiger charge is 2.33. The second-order valence-electron chi connectivity index (χ2n) is 5.65. The first-order chi connectivity index (χ1) is 8.51. The van der Waals surface area contributed by atoms with E-state index in [4.69, 9.17) is 0 Å². The van der Waals surface area contributed by atoms with Crippen molar-refractivity contribution in [1.29, 1.82) is 0 Å². The van der Waals surface area contributed by atoms with Gasteiger partial charge in [0.2, 0.25) is 0 Å². The van der Waals surface area contributed by atoms with E-state index in [9.17, 15) is 0 Å². The molecule has 0 aromatic carbocycles. The van der Waals surface area contributed by atoms with E-state index in [2.05, 4.69) is 64.0 Å². The van der Waals surface area contributed by atoms with Gasteiger partial charge in [-0.25, -0.2) is 0 Å². The van der Waals surface area contributed by atoms with Gasteiger partial charge in [0, 0.05) is 41.9 Å². The molecule has 100 valence electrons. The summed E-state index contributed by atoms with van der Waals surface area (Å²) in [5, 5.41) is 3.61. The van der Waals surface area contributed by atoms with E-state index in [-0.39, 0.29) is 5.54 Å². The van der Waals surface area contributed by atoms with Gasteiger partial charge < -0.3 is 5.32 Å². The summed E-state index contributed by atoms with van der Waals surface area (Å²) in [6.45, 7) is 9.91. The lowest BCUT2D eigenvalue weighted by Crippen LogP contribution is -2.61. The molecule has 4 heteroatoms. The van der Waals surface area contributed by atoms with E-state index in [1.54, 1.807) is 0 Å². The fraction of sp³-hybridized carbons (Fsp3) is 0.643. The molecule has 1 aromatic heterocycles. The van der Waals surface area contributed by atoms with Crippen molar-refractivity contribution in [2.75, 3.05) is 13.1 Å². The molecule has 1 N–H and O–H groups in total. The molecule has 2 heterocycles. The van der Waals surface area contributed by atoms with Crippen molar-refractivity contribution in [3.05, 3.63) is 28.5 Å². The van der Waals surface area contributed by atoms with Crippen molar-refractivity contribution in [2.24, 2.45) is 0 Å². The Labute approximate surface area is 118 Å². The van der Waals surface area contributed by atoms with Gasteiger partial charge in [-0.15, -0.1) is 0 Å². The van der Waals surface area contributed by atoms with Gasteiger partial charge in [-0.05, 0) is 48.3 Å². The summed E-state index contributed by atoms with van der Waals surface area (Å²) >= 11 is 3.43. The molecule has 1 fully saturated rings. The first kappa shape index (κ1) is 14.0. The average Bonchev–Trinajstić information content (AvgIpc) is 2.34. The Morgan fingerprint density at radius 2 is 2.28 bits per heavy atom. The maximum Gasteiger partial charge on any atom is 0.0545 e. The van der Waals surface area contributed by atoms with Gasteiger partial charge in [0.1, 0.15) is 0 Å². The van der Waals surface area contributed by atoms with Crippen LogP contribution in [0, 0.1) is 0 Å². The normalized spacial score (nSPS) is 24.1. The van der Waals surface area contributed by atoms with Crippen LogP contribution in [0.2, 0.25) is 0 Å². The maximum absolute atomic E-state index is 4.48. The molecule has 1 atom stereocenters. The average molecular weight is 312 g/mol. The molecular formula is C14H22BrN3. The highest BCUT2D eigenvalue weighted by Crippen LogP contribution is 2.22. The van der Waals surface area contributed by atoms with Gasteiger partial charge in [0.25, 0.3) is 0 Å². The van der Waals surface area contributed by atoms with E-state index >= 15 is 0 Å². The lowest BCUT2D eigenvalue weighted by molar-refractivity contribution is 0.0565. The number of piperazine rings is 1. The molecule has 1 saturated heterocycles. The second kappa shape index (κ2) is 5.68. The summed E-state index contributed by atoms with van der Waals surface area (Å²) in [6.07, 6.45) is 3.06. The third kappa shape index (κ3) is 3.31. The molecule has 1 aromatic rings. The third-order valence-electron chi connectivity index (χ3n) is 3.75. The molecule has 0 amide bonds. The molecule has 3 nitrogen and oxygen atoms in total. The zero-order valence-corrected chi connectivity index (χ0v) is 13.0. The molecule has 2 rings (SSSR count). The van der Waals surface area contributed by atoms with Crippen LogP contribution in [0.1, 0.15) is 32.9 Å². The van der Waals surface area contributed by atoms with Crippen LogP contribution in [0.3, 0.4) is 0 Å². The Hall–Kier alpha value is -0.450. The Bertz CT molecular complexity index is 389. The summed E-state index contributed by atoms with van der Waals surface area (Å²) < 4.78 is 1.04. The summed E-state index contributed by atoms with van der Waals surface area (Å²) in [4.78, 5) is 7.02. The van der Waals surface area contributed by atoms with E-state index in [1.807, 2.05) is 6.20 Å². The van der Waals surface area contributed by atoms with Gasteiger partial charge in [-0.3, -0.25) is 9.88 Å². The monoisotopic (exact) mass is 311 g/mol. The van der Waals surface area contributed by atoms with Gasteiger partial charge >= 0.3 is 0 Å². The van der Waals surface area contributed by atoms with Gasteiger partial charge in [0.05, 0.1) is 5.69 Å². The van der Waals surface area contributed by atoms with E-state index < -0.39 is 0 Å². The number of halogens is 1. The molecular weight excluding hydrogens is 290 g/mol. The number of rotatable bonds is 3. The predicted molar refractivity (Wildman–Crippen MR) is 78.5 cm³/mol. The number of hydrogen-bond donors (Lipinski definition) is 1. The Morgan fingerprint density at radius 1 is 1.50 bits per heavy atom. The molecule has 0 radical (unpaired) electrons. The highest BCUT2D eigenvalue weighted by atomic mass is 79.9. The summed E-state index contributed by atoms with van der Waals surface area (Å²) in [5.41, 5.74) is 1.34. The zero-order valence-electron chi connectivity index (χ0n) is 11.4. The lowest BCUT2D eigenvalue weighted by Gasteiger charge is -2.46. The topological polar surface area (TPSA) is 28.2 Å². The largest absolute Gasteiger partial charge is 0.311 e. The molecule has 0 aliphatic carbocycles. The number of pyridine rings is 1. The van der Waals surface area contributed by atoms with Crippen molar-refractivity contribution >= 4 is 15.9 Å². The van der Waals surface area contributed by atoms with Crippen molar-refractivity contribution in [1.82, 2.24) is 15.2 Å². The van der Waals surface area contributed by atoms with Gasteiger partial charge in [-0.2, -0.15) is 0 Å². The highest BCUT2D eigenvalue weighted by molar-refractivity contribution is 9.10. The molecule has 1 aliphatic heterocycles. The molecule has 0 spiro atoms.